The highest BCUT2D eigenvalue weighted by Crippen LogP contribution is 2.25. The highest BCUT2D eigenvalue weighted by molar-refractivity contribution is 5.85. The Kier molecular flexibility index (Phi) is 6.17. The molecule has 2 saturated heterocycles. The van der Waals surface area contributed by atoms with Gasteiger partial charge in [-0.2, -0.15) is 0 Å². The number of benzene rings is 1. The van der Waals surface area contributed by atoms with Gasteiger partial charge < -0.3 is 15.0 Å². The van der Waals surface area contributed by atoms with Crippen molar-refractivity contribution >= 4 is 18.3 Å². The number of morpholine rings is 1. The van der Waals surface area contributed by atoms with Gasteiger partial charge in [-0.15, -0.1) is 12.4 Å². The van der Waals surface area contributed by atoms with Crippen LogP contribution in [0.25, 0.3) is 0 Å². The maximum Gasteiger partial charge on any atom is 0.239 e. The van der Waals surface area contributed by atoms with Crippen LogP contribution in [-0.2, 0) is 9.53 Å². The van der Waals surface area contributed by atoms with Gasteiger partial charge in [0.1, 0.15) is 11.9 Å². The monoisotopic (exact) mass is 328 g/mol. The van der Waals surface area contributed by atoms with Crippen LogP contribution in [0, 0.1) is 5.82 Å². The third-order valence-corrected chi connectivity index (χ3v) is 4.24. The second kappa shape index (κ2) is 7.90. The minimum Gasteiger partial charge on any atom is -0.370 e. The van der Waals surface area contributed by atoms with Gasteiger partial charge in [0.25, 0.3) is 0 Å². The van der Waals surface area contributed by atoms with Crippen molar-refractivity contribution in [1.29, 1.82) is 0 Å². The van der Waals surface area contributed by atoms with Crippen LogP contribution in [0.5, 0.6) is 0 Å². The van der Waals surface area contributed by atoms with E-state index in [0.29, 0.717) is 25.3 Å². The van der Waals surface area contributed by atoms with Crippen LogP contribution in [0.4, 0.5) is 4.39 Å². The predicted molar refractivity (Wildman–Crippen MR) is 84.6 cm³/mol. The maximum absolute atomic E-state index is 13.9. The van der Waals surface area contributed by atoms with Crippen molar-refractivity contribution in [2.75, 3.05) is 26.2 Å². The number of nitrogens with one attached hydrogen (secondary N) is 1. The van der Waals surface area contributed by atoms with E-state index in [1.54, 1.807) is 18.2 Å². The lowest BCUT2D eigenvalue weighted by Gasteiger charge is -2.36. The van der Waals surface area contributed by atoms with Crippen LogP contribution < -0.4 is 5.32 Å². The molecule has 0 saturated carbocycles. The average molecular weight is 329 g/mol. The molecule has 1 amide bonds. The number of rotatable bonds is 2. The Bertz CT molecular complexity index is 509. The molecular weight excluding hydrogens is 307 g/mol. The largest absolute Gasteiger partial charge is 0.370 e. The SMILES string of the molecule is Cl.O=C(C1CCCCN1)N1CCOC(c2ccccc2F)C1. The van der Waals surface area contributed by atoms with Crippen molar-refractivity contribution in [1.82, 2.24) is 10.2 Å². The number of ether oxygens (including phenoxy) is 1. The van der Waals surface area contributed by atoms with Gasteiger partial charge in [0.15, 0.2) is 0 Å². The standard InChI is InChI=1S/C16H21FN2O2.ClH/c17-13-6-2-1-5-12(13)15-11-19(9-10-21-15)16(20)14-7-3-4-8-18-14;/h1-2,5-6,14-15,18H,3-4,7-11H2;1H. The molecule has 122 valence electrons. The third-order valence-electron chi connectivity index (χ3n) is 4.24. The number of piperidine rings is 1. The first-order chi connectivity index (χ1) is 10.3. The Morgan fingerprint density at radius 3 is 2.86 bits per heavy atom. The fourth-order valence-corrected chi connectivity index (χ4v) is 3.06. The van der Waals surface area contributed by atoms with Crippen LogP contribution in [0.15, 0.2) is 24.3 Å². The van der Waals surface area contributed by atoms with Gasteiger partial charge in [-0.1, -0.05) is 24.6 Å². The summed E-state index contributed by atoms with van der Waals surface area (Å²) < 4.78 is 19.5. The smallest absolute Gasteiger partial charge is 0.239 e. The molecule has 4 nitrogen and oxygen atoms in total. The molecule has 2 heterocycles. The van der Waals surface area contributed by atoms with Crippen LogP contribution in [0.2, 0.25) is 0 Å². The fourth-order valence-electron chi connectivity index (χ4n) is 3.06. The lowest BCUT2D eigenvalue weighted by molar-refractivity contribution is -0.142. The molecule has 1 aromatic carbocycles. The number of amides is 1. The maximum atomic E-state index is 13.9. The van der Waals surface area contributed by atoms with Crippen LogP contribution in [0.3, 0.4) is 0 Å². The highest BCUT2D eigenvalue weighted by atomic mass is 35.5. The molecule has 0 bridgehead atoms. The molecule has 2 aliphatic rings. The van der Waals surface area contributed by atoms with Gasteiger partial charge in [0.05, 0.1) is 19.2 Å². The van der Waals surface area contributed by atoms with Crippen molar-refractivity contribution in [2.24, 2.45) is 0 Å². The highest BCUT2D eigenvalue weighted by Gasteiger charge is 2.31. The second-order valence-electron chi connectivity index (χ2n) is 5.67. The van der Waals surface area contributed by atoms with Gasteiger partial charge in [-0.25, -0.2) is 4.39 Å². The van der Waals surface area contributed by atoms with E-state index >= 15 is 0 Å². The summed E-state index contributed by atoms with van der Waals surface area (Å²) in [5.41, 5.74) is 0.534. The van der Waals surface area contributed by atoms with Gasteiger partial charge in [0.2, 0.25) is 5.91 Å². The Hall–Kier alpha value is -1.17. The van der Waals surface area contributed by atoms with E-state index < -0.39 is 0 Å². The number of carbonyl (C=O) groups is 1. The number of halogens is 2. The Morgan fingerprint density at radius 2 is 2.14 bits per heavy atom. The zero-order valence-corrected chi connectivity index (χ0v) is 13.3. The average Bonchev–Trinajstić information content (AvgIpc) is 2.55. The van der Waals surface area contributed by atoms with Gasteiger partial charge in [-0.05, 0) is 25.5 Å². The van der Waals surface area contributed by atoms with Gasteiger partial charge in [0, 0.05) is 12.1 Å². The van der Waals surface area contributed by atoms with E-state index in [2.05, 4.69) is 5.32 Å². The van der Waals surface area contributed by atoms with E-state index in [9.17, 15) is 9.18 Å². The molecule has 0 spiro atoms. The molecule has 2 fully saturated rings. The molecule has 0 radical (unpaired) electrons. The minimum atomic E-state index is -0.368. The molecule has 1 N–H and O–H groups in total. The molecule has 0 aromatic heterocycles. The summed E-state index contributed by atoms with van der Waals surface area (Å²) in [6.45, 7) is 2.37. The first-order valence-electron chi connectivity index (χ1n) is 7.64. The van der Waals surface area contributed by atoms with E-state index in [0.717, 1.165) is 25.8 Å². The predicted octanol–water partition coefficient (Wildman–Crippen LogP) is 2.29. The van der Waals surface area contributed by atoms with Crippen molar-refractivity contribution in [2.45, 2.75) is 31.4 Å². The molecule has 2 aliphatic heterocycles. The topological polar surface area (TPSA) is 41.6 Å². The molecule has 6 heteroatoms. The van der Waals surface area contributed by atoms with Gasteiger partial charge in [-0.3, -0.25) is 4.79 Å². The van der Waals surface area contributed by atoms with Crippen LogP contribution in [-0.4, -0.2) is 43.1 Å². The van der Waals surface area contributed by atoms with Crippen LogP contribution >= 0.6 is 12.4 Å². The zero-order chi connectivity index (χ0) is 14.7. The molecule has 0 aliphatic carbocycles. The number of carbonyl (C=O) groups excluding carboxylic acids is 1. The lowest BCUT2D eigenvalue weighted by atomic mass is 10.0. The number of hydrogen-bond donors (Lipinski definition) is 1. The molecule has 22 heavy (non-hydrogen) atoms. The number of nitrogens with zero attached hydrogens (tertiary/aromatic N) is 1. The Labute approximate surface area is 136 Å². The molecule has 2 unspecified atom stereocenters. The number of hydrogen-bond acceptors (Lipinski definition) is 3. The quantitative estimate of drug-likeness (QED) is 0.905. The van der Waals surface area contributed by atoms with Crippen molar-refractivity contribution in [3.8, 4) is 0 Å². The fraction of sp³-hybridized carbons (Fsp3) is 0.562. The first-order valence-corrected chi connectivity index (χ1v) is 7.64. The normalized spacial score (nSPS) is 25.4. The van der Waals surface area contributed by atoms with E-state index in [1.165, 1.54) is 6.07 Å². The van der Waals surface area contributed by atoms with Gasteiger partial charge >= 0.3 is 0 Å². The Balaban J connectivity index is 0.00000176. The second-order valence-corrected chi connectivity index (χ2v) is 5.67. The van der Waals surface area contributed by atoms with Crippen molar-refractivity contribution in [3.63, 3.8) is 0 Å². The summed E-state index contributed by atoms with van der Waals surface area (Å²) in [6.07, 6.45) is 2.74. The van der Waals surface area contributed by atoms with Crippen LogP contribution in [0.1, 0.15) is 30.9 Å². The first kappa shape index (κ1) is 17.2. The van der Waals surface area contributed by atoms with E-state index in [1.807, 2.05) is 4.90 Å². The van der Waals surface area contributed by atoms with E-state index in [4.69, 9.17) is 4.74 Å². The van der Waals surface area contributed by atoms with Crippen molar-refractivity contribution in [3.05, 3.63) is 35.6 Å². The summed E-state index contributed by atoms with van der Waals surface area (Å²) in [6, 6.07) is 6.54. The summed E-state index contributed by atoms with van der Waals surface area (Å²) in [4.78, 5) is 14.3. The van der Waals surface area contributed by atoms with Crippen molar-refractivity contribution < 1.29 is 13.9 Å². The third kappa shape index (κ3) is 3.77. The minimum absolute atomic E-state index is 0. The summed E-state index contributed by atoms with van der Waals surface area (Å²) in [7, 11) is 0. The van der Waals surface area contributed by atoms with E-state index in [-0.39, 0.29) is 36.3 Å². The lowest BCUT2D eigenvalue weighted by Crippen LogP contribution is -2.52. The summed E-state index contributed by atoms with van der Waals surface area (Å²) in [5, 5.41) is 3.28. The Morgan fingerprint density at radius 1 is 1.32 bits per heavy atom. The molecular formula is C16H22ClFN2O2. The molecule has 3 rings (SSSR count). The summed E-state index contributed by atoms with van der Waals surface area (Å²) >= 11 is 0. The molecule has 1 aromatic rings. The zero-order valence-electron chi connectivity index (χ0n) is 12.5. The molecule has 2 atom stereocenters. The summed E-state index contributed by atoms with van der Waals surface area (Å²) in [5.74, 6) is -0.146.